The van der Waals surface area contributed by atoms with Crippen molar-refractivity contribution in [1.29, 1.82) is 0 Å². The summed E-state index contributed by atoms with van der Waals surface area (Å²) in [4.78, 5) is 15.4. The molecule has 0 unspecified atom stereocenters. The summed E-state index contributed by atoms with van der Waals surface area (Å²) >= 11 is 0. The molecule has 27 heavy (non-hydrogen) atoms. The van der Waals surface area contributed by atoms with E-state index in [9.17, 15) is 18.0 Å². The average molecular weight is 377 g/mol. The van der Waals surface area contributed by atoms with Crippen molar-refractivity contribution < 1.29 is 18.0 Å². The number of aromatic nitrogens is 2. The molecular formula is C18H18F3N5O. The van der Waals surface area contributed by atoms with Crippen LogP contribution in [0.2, 0.25) is 0 Å². The van der Waals surface area contributed by atoms with Crippen LogP contribution in [0.15, 0.2) is 49.3 Å². The first-order chi connectivity index (χ1) is 12.9. The van der Waals surface area contributed by atoms with Crippen molar-refractivity contribution in [3.8, 4) is 0 Å². The van der Waals surface area contributed by atoms with Gasteiger partial charge < -0.3 is 15.1 Å². The lowest BCUT2D eigenvalue weighted by atomic mass is 10.2. The first-order valence-electron chi connectivity index (χ1n) is 8.30. The third-order valence-corrected chi connectivity index (χ3v) is 4.31. The van der Waals surface area contributed by atoms with Gasteiger partial charge in [0.2, 0.25) is 5.91 Å². The molecule has 0 atom stereocenters. The topological polar surface area (TPSA) is 61.4 Å². The fraction of sp³-hybridized carbons (Fsp3) is 0.278. The second-order valence-corrected chi connectivity index (χ2v) is 6.00. The Morgan fingerprint density at radius 2 is 1.70 bits per heavy atom. The highest BCUT2D eigenvalue weighted by molar-refractivity contribution is 5.87. The summed E-state index contributed by atoms with van der Waals surface area (Å²) in [6.07, 6.45) is 0.0391. The maximum absolute atomic E-state index is 12.7. The summed E-state index contributed by atoms with van der Waals surface area (Å²) in [6, 6.07) is 4.79. The zero-order chi connectivity index (χ0) is 19.4. The molecule has 0 spiro atoms. The van der Waals surface area contributed by atoms with E-state index < -0.39 is 11.7 Å². The minimum atomic E-state index is -4.37. The van der Waals surface area contributed by atoms with Gasteiger partial charge in [-0.25, -0.2) is 0 Å². The van der Waals surface area contributed by atoms with Gasteiger partial charge in [-0.1, -0.05) is 6.58 Å². The van der Waals surface area contributed by atoms with Crippen LogP contribution >= 0.6 is 0 Å². The zero-order valence-corrected chi connectivity index (χ0v) is 14.4. The number of hydrogen-bond acceptors (Lipinski definition) is 5. The summed E-state index contributed by atoms with van der Waals surface area (Å²) in [5, 5.41) is 10.8. The van der Waals surface area contributed by atoms with E-state index in [4.69, 9.17) is 0 Å². The molecule has 3 rings (SSSR count). The zero-order valence-electron chi connectivity index (χ0n) is 14.4. The lowest BCUT2D eigenvalue weighted by molar-refractivity contribution is -0.137. The Kier molecular flexibility index (Phi) is 5.29. The lowest BCUT2D eigenvalue weighted by Gasteiger charge is -2.36. The van der Waals surface area contributed by atoms with Gasteiger partial charge >= 0.3 is 6.18 Å². The van der Waals surface area contributed by atoms with Crippen molar-refractivity contribution in [2.24, 2.45) is 0 Å². The van der Waals surface area contributed by atoms with E-state index >= 15 is 0 Å². The summed E-state index contributed by atoms with van der Waals surface area (Å²) < 4.78 is 38.1. The maximum atomic E-state index is 12.7. The minimum Gasteiger partial charge on any atom is -0.365 e. The monoisotopic (exact) mass is 377 g/mol. The third-order valence-electron chi connectivity index (χ3n) is 4.31. The van der Waals surface area contributed by atoms with Crippen LogP contribution in [0.5, 0.6) is 0 Å². The van der Waals surface area contributed by atoms with Crippen molar-refractivity contribution in [3.63, 3.8) is 0 Å². The van der Waals surface area contributed by atoms with Crippen LogP contribution in [-0.4, -0.2) is 47.2 Å². The number of piperazine rings is 1. The predicted octanol–water partition coefficient (Wildman–Crippen LogP) is 3.07. The van der Waals surface area contributed by atoms with Gasteiger partial charge in [0.25, 0.3) is 0 Å². The van der Waals surface area contributed by atoms with E-state index in [1.165, 1.54) is 24.4 Å². The molecule has 0 radical (unpaired) electrons. The second kappa shape index (κ2) is 7.65. The summed E-state index contributed by atoms with van der Waals surface area (Å²) in [5.41, 5.74) is 1.21. The number of rotatable bonds is 4. The van der Waals surface area contributed by atoms with Gasteiger partial charge in [-0.3, -0.25) is 4.79 Å². The molecule has 2 aromatic rings. The molecule has 1 amide bonds. The highest BCUT2D eigenvalue weighted by Crippen LogP contribution is 2.32. The number of amides is 1. The molecule has 1 saturated heterocycles. The van der Waals surface area contributed by atoms with Crippen molar-refractivity contribution >= 4 is 23.0 Å². The number of nitrogens with zero attached hydrogens (tertiary/aromatic N) is 4. The van der Waals surface area contributed by atoms with Gasteiger partial charge in [-0.05, 0) is 30.3 Å². The Morgan fingerprint density at radius 3 is 2.30 bits per heavy atom. The maximum Gasteiger partial charge on any atom is 0.416 e. The highest BCUT2D eigenvalue weighted by Gasteiger charge is 2.30. The van der Waals surface area contributed by atoms with Crippen LogP contribution in [0.3, 0.4) is 0 Å². The molecule has 1 aromatic heterocycles. The van der Waals surface area contributed by atoms with E-state index in [-0.39, 0.29) is 5.91 Å². The summed E-state index contributed by atoms with van der Waals surface area (Å²) in [7, 11) is 0. The first kappa shape index (κ1) is 18.7. The van der Waals surface area contributed by atoms with Crippen LogP contribution < -0.4 is 10.2 Å². The van der Waals surface area contributed by atoms with Crippen LogP contribution in [0.4, 0.5) is 30.2 Å². The van der Waals surface area contributed by atoms with Gasteiger partial charge in [-0.15, -0.1) is 0 Å². The van der Waals surface area contributed by atoms with E-state index in [1.54, 1.807) is 11.1 Å². The van der Waals surface area contributed by atoms with Crippen molar-refractivity contribution in [2.45, 2.75) is 6.18 Å². The summed E-state index contributed by atoms with van der Waals surface area (Å²) in [5.74, 6) is -0.106. The second-order valence-electron chi connectivity index (χ2n) is 6.00. The van der Waals surface area contributed by atoms with E-state index in [0.717, 1.165) is 17.8 Å². The first-order valence-corrected chi connectivity index (χ1v) is 8.30. The Labute approximate surface area is 154 Å². The number of alkyl halides is 3. The van der Waals surface area contributed by atoms with Gasteiger partial charge in [-0.2, -0.15) is 23.4 Å². The van der Waals surface area contributed by atoms with E-state index in [1.807, 2.05) is 4.90 Å². The lowest BCUT2D eigenvalue weighted by Crippen LogP contribution is -2.48. The van der Waals surface area contributed by atoms with Crippen LogP contribution in [0.25, 0.3) is 0 Å². The summed E-state index contributed by atoms with van der Waals surface area (Å²) in [6.45, 7) is 5.80. The molecule has 1 aliphatic rings. The highest BCUT2D eigenvalue weighted by atomic mass is 19.4. The smallest absolute Gasteiger partial charge is 0.365 e. The van der Waals surface area contributed by atoms with Crippen molar-refractivity contribution in [2.75, 3.05) is 36.4 Å². The molecule has 142 valence electrons. The van der Waals surface area contributed by atoms with Crippen LogP contribution in [0.1, 0.15) is 5.56 Å². The number of benzene rings is 1. The molecule has 1 N–H and O–H groups in total. The molecule has 0 aliphatic carbocycles. The number of nitrogens with one attached hydrogen (secondary N) is 1. The third kappa shape index (κ3) is 4.36. The molecule has 6 nitrogen and oxygen atoms in total. The molecule has 1 aliphatic heterocycles. The van der Waals surface area contributed by atoms with Crippen molar-refractivity contribution in [1.82, 2.24) is 15.1 Å². The number of anilines is 3. The van der Waals surface area contributed by atoms with Gasteiger partial charge in [0.1, 0.15) is 0 Å². The average Bonchev–Trinajstić information content (AvgIpc) is 2.68. The van der Waals surface area contributed by atoms with E-state index in [0.29, 0.717) is 37.6 Å². The standard InChI is InChI=1S/C18H18F3N5O/c1-2-17(27)26-9-7-25(8-10-26)16-12-23-22-11-15(16)24-14-5-3-13(4-6-14)18(19,20)21/h2-6,11-12H,1,7-10H2,(H,23,24). The largest absolute Gasteiger partial charge is 0.416 e. The number of hydrogen-bond donors (Lipinski definition) is 1. The molecular weight excluding hydrogens is 359 g/mol. The van der Waals surface area contributed by atoms with Gasteiger partial charge in [0, 0.05) is 31.9 Å². The quantitative estimate of drug-likeness (QED) is 0.830. The van der Waals surface area contributed by atoms with Crippen LogP contribution in [0, 0.1) is 0 Å². The van der Waals surface area contributed by atoms with E-state index in [2.05, 4.69) is 22.1 Å². The Morgan fingerprint density at radius 1 is 1.07 bits per heavy atom. The molecule has 0 saturated carbocycles. The number of halogens is 3. The molecule has 2 heterocycles. The fourth-order valence-corrected chi connectivity index (χ4v) is 2.86. The Bertz CT molecular complexity index is 814. The van der Waals surface area contributed by atoms with Gasteiger partial charge in [0.05, 0.1) is 29.3 Å². The normalized spacial score (nSPS) is 14.8. The molecule has 0 bridgehead atoms. The Balaban J connectivity index is 1.73. The SMILES string of the molecule is C=CC(=O)N1CCN(c2cnncc2Nc2ccc(C(F)(F)F)cc2)CC1. The Hall–Kier alpha value is -3.10. The molecule has 9 heteroatoms. The number of carbonyl (C=O) groups is 1. The van der Waals surface area contributed by atoms with Gasteiger partial charge in [0.15, 0.2) is 0 Å². The predicted molar refractivity (Wildman–Crippen MR) is 95.7 cm³/mol. The number of carbonyl (C=O) groups excluding carboxylic acids is 1. The van der Waals surface area contributed by atoms with Crippen molar-refractivity contribution in [3.05, 3.63) is 54.9 Å². The fourth-order valence-electron chi connectivity index (χ4n) is 2.86. The van der Waals surface area contributed by atoms with Crippen LogP contribution in [-0.2, 0) is 11.0 Å². The molecule has 1 fully saturated rings. The minimum absolute atomic E-state index is 0.106. The molecule has 1 aromatic carbocycles.